The van der Waals surface area contributed by atoms with Crippen molar-refractivity contribution in [3.8, 4) is 0 Å². The van der Waals surface area contributed by atoms with Crippen LogP contribution in [-0.4, -0.2) is 36.5 Å². The van der Waals surface area contributed by atoms with E-state index in [9.17, 15) is 14.0 Å². The van der Waals surface area contributed by atoms with Gasteiger partial charge in [0, 0.05) is 23.7 Å². The highest BCUT2D eigenvalue weighted by Crippen LogP contribution is 2.23. The zero-order chi connectivity index (χ0) is 20.0. The molecular formula is C21H32FN3O2. The molecule has 5 nitrogen and oxygen atoms in total. The Hall–Kier alpha value is -1.95. The number of nitrogens with one attached hydrogen (secondary N) is 3. The maximum atomic E-state index is 13.4. The number of rotatable bonds is 6. The Morgan fingerprint density at radius 2 is 1.78 bits per heavy atom. The molecule has 1 aromatic carbocycles. The summed E-state index contributed by atoms with van der Waals surface area (Å²) in [6.45, 7) is 8.62. The van der Waals surface area contributed by atoms with E-state index >= 15 is 0 Å². The van der Waals surface area contributed by atoms with Crippen LogP contribution in [0.3, 0.4) is 0 Å². The van der Waals surface area contributed by atoms with Gasteiger partial charge in [-0.15, -0.1) is 0 Å². The molecule has 1 aliphatic rings. The summed E-state index contributed by atoms with van der Waals surface area (Å²) in [4.78, 5) is 24.1. The number of amides is 2. The van der Waals surface area contributed by atoms with Crippen LogP contribution in [-0.2, 0) is 4.79 Å². The summed E-state index contributed by atoms with van der Waals surface area (Å²) in [6.07, 6.45) is 3.98. The van der Waals surface area contributed by atoms with Crippen LogP contribution in [0, 0.1) is 18.7 Å². The summed E-state index contributed by atoms with van der Waals surface area (Å²) in [5.41, 5.74) is 0.893. The first-order valence-electron chi connectivity index (χ1n) is 9.72. The van der Waals surface area contributed by atoms with Crippen LogP contribution >= 0.6 is 0 Å². The summed E-state index contributed by atoms with van der Waals surface area (Å²) in [6, 6.07) is 4.72. The third kappa shape index (κ3) is 7.67. The quantitative estimate of drug-likeness (QED) is 0.714. The lowest BCUT2D eigenvalue weighted by Gasteiger charge is -2.29. The molecule has 150 valence electrons. The average molecular weight is 378 g/mol. The van der Waals surface area contributed by atoms with E-state index in [1.54, 1.807) is 13.0 Å². The first-order chi connectivity index (χ1) is 12.6. The van der Waals surface area contributed by atoms with Gasteiger partial charge >= 0.3 is 0 Å². The van der Waals surface area contributed by atoms with Crippen molar-refractivity contribution in [2.24, 2.45) is 5.92 Å². The Labute approximate surface area is 161 Å². The molecule has 0 saturated heterocycles. The minimum atomic E-state index is -0.387. The highest BCUT2D eigenvalue weighted by molar-refractivity contribution is 5.94. The minimum Gasteiger partial charge on any atom is -0.352 e. The zero-order valence-corrected chi connectivity index (χ0v) is 16.8. The second-order valence-electron chi connectivity index (χ2n) is 8.62. The van der Waals surface area contributed by atoms with Crippen molar-refractivity contribution in [2.75, 3.05) is 13.1 Å². The predicted octanol–water partition coefficient (Wildman–Crippen LogP) is 2.93. The number of hydrogen-bond acceptors (Lipinski definition) is 3. The van der Waals surface area contributed by atoms with E-state index in [-0.39, 0.29) is 23.2 Å². The largest absolute Gasteiger partial charge is 0.352 e. The molecule has 0 atom stereocenters. The molecule has 0 aliphatic heterocycles. The summed E-state index contributed by atoms with van der Waals surface area (Å²) >= 11 is 0. The molecule has 0 spiro atoms. The number of carbonyl (C=O) groups is 2. The van der Waals surface area contributed by atoms with E-state index in [0.29, 0.717) is 30.6 Å². The van der Waals surface area contributed by atoms with Gasteiger partial charge in [0.15, 0.2) is 0 Å². The van der Waals surface area contributed by atoms with Crippen LogP contribution in [0.4, 0.5) is 4.39 Å². The van der Waals surface area contributed by atoms with Crippen molar-refractivity contribution < 1.29 is 14.0 Å². The topological polar surface area (TPSA) is 70.2 Å². The summed E-state index contributed by atoms with van der Waals surface area (Å²) in [5, 5.41) is 9.20. The standard InChI is InChI=1S/C21H32FN3O2/c1-14-9-16(11-17(22)10-14)20(27)24-12-15-5-7-18(8-6-15)23-13-19(26)25-21(2,3)4/h9-11,15,18,23H,5-8,12-13H2,1-4H3,(H,24,27)(H,25,26)/t15-,18+. The SMILES string of the molecule is Cc1cc(F)cc(C(=O)NC[C@H]2CC[C@@H](NCC(=O)NC(C)(C)C)CC2)c1. The molecule has 0 unspecified atom stereocenters. The van der Waals surface area contributed by atoms with Crippen LogP contribution in [0.1, 0.15) is 62.4 Å². The van der Waals surface area contributed by atoms with Gasteiger partial charge in [-0.25, -0.2) is 4.39 Å². The predicted molar refractivity (Wildman–Crippen MR) is 105 cm³/mol. The molecule has 3 N–H and O–H groups in total. The summed E-state index contributed by atoms with van der Waals surface area (Å²) in [5.74, 6) is -0.175. The Balaban J connectivity index is 1.68. The molecule has 2 rings (SSSR count). The van der Waals surface area contributed by atoms with Crippen molar-refractivity contribution in [1.29, 1.82) is 0 Å². The van der Waals surface area contributed by atoms with Crippen molar-refractivity contribution in [3.63, 3.8) is 0 Å². The van der Waals surface area contributed by atoms with E-state index in [4.69, 9.17) is 0 Å². The van der Waals surface area contributed by atoms with E-state index in [2.05, 4.69) is 16.0 Å². The van der Waals surface area contributed by atoms with Gasteiger partial charge in [-0.1, -0.05) is 0 Å². The summed E-state index contributed by atoms with van der Waals surface area (Å²) in [7, 11) is 0. The molecule has 1 aromatic rings. The second-order valence-corrected chi connectivity index (χ2v) is 8.62. The van der Waals surface area contributed by atoms with Gasteiger partial charge in [0.25, 0.3) is 5.91 Å². The molecule has 6 heteroatoms. The molecule has 1 fully saturated rings. The molecule has 0 heterocycles. The molecule has 0 radical (unpaired) electrons. The molecule has 0 aromatic heterocycles. The van der Waals surface area contributed by atoms with E-state index in [1.807, 2.05) is 20.8 Å². The smallest absolute Gasteiger partial charge is 0.251 e. The van der Waals surface area contributed by atoms with Gasteiger partial charge < -0.3 is 16.0 Å². The van der Waals surface area contributed by atoms with Crippen molar-refractivity contribution in [3.05, 3.63) is 35.1 Å². The van der Waals surface area contributed by atoms with E-state index < -0.39 is 0 Å². The number of hydrogen-bond donors (Lipinski definition) is 3. The number of benzene rings is 1. The van der Waals surface area contributed by atoms with Crippen LogP contribution in [0.15, 0.2) is 18.2 Å². The van der Waals surface area contributed by atoms with E-state index in [0.717, 1.165) is 31.2 Å². The van der Waals surface area contributed by atoms with Gasteiger partial charge in [0.05, 0.1) is 6.54 Å². The van der Waals surface area contributed by atoms with Gasteiger partial charge in [-0.05, 0) is 83.1 Å². The Kier molecular flexibility index (Phi) is 7.36. The van der Waals surface area contributed by atoms with E-state index in [1.165, 1.54) is 12.1 Å². The Bertz CT molecular complexity index is 642. The monoisotopic (exact) mass is 377 g/mol. The lowest BCUT2D eigenvalue weighted by molar-refractivity contribution is -0.121. The maximum absolute atomic E-state index is 13.4. The van der Waals surface area contributed by atoms with Gasteiger partial charge in [-0.2, -0.15) is 0 Å². The van der Waals surface area contributed by atoms with Crippen LogP contribution in [0.5, 0.6) is 0 Å². The molecule has 0 bridgehead atoms. The van der Waals surface area contributed by atoms with Crippen LogP contribution < -0.4 is 16.0 Å². The van der Waals surface area contributed by atoms with Crippen molar-refractivity contribution >= 4 is 11.8 Å². The second kappa shape index (κ2) is 9.31. The number of halogens is 1. The summed E-state index contributed by atoms with van der Waals surface area (Å²) < 4.78 is 13.4. The van der Waals surface area contributed by atoms with Crippen molar-refractivity contribution in [2.45, 2.75) is 65.0 Å². The fourth-order valence-corrected chi connectivity index (χ4v) is 3.48. The van der Waals surface area contributed by atoms with Crippen LogP contribution in [0.2, 0.25) is 0 Å². The first kappa shape index (κ1) is 21.4. The lowest BCUT2D eigenvalue weighted by Crippen LogP contribution is -2.47. The Morgan fingerprint density at radius 3 is 2.37 bits per heavy atom. The van der Waals surface area contributed by atoms with Crippen LogP contribution in [0.25, 0.3) is 0 Å². The van der Waals surface area contributed by atoms with Gasteiger partial charge in [-0.3, -0.25) is 9.59 Å². The molecule has 1 saturated carbocycles. The van der Waals surface area contributed by atoms with Gasteiger partial charge in [0.1, 0.15) is 5.82 Å². The zero-order valence-electron chi connectivity index (χ0n) is 16.8. The normalized spacial score (nSPS) is 20.2. The average Bonchev–Trinajstić information content (AvgIpc) is 2.56. The number of carbonyl (C=O) groups excluding carboxylic acids is 2. The maximum Gasteiger partial charge on any atom is 0.251 e. The first-order valence-corrected chi connectivity index (χ1v) is 9.72. The third-order valence-electron chi connectivity index (χ3n) is 4.77. The highest BCUT2D eigenvalue weighted by atomic mass is 19.1. The molecular weight excluding hydrogens is 345 g/mol. The van der Waals surface area contributed by atoms with Gasteiger partial charge in [0.2, 0.25) is 5.91 Å². The fourth-order valence-electron chi connectivity index (χ4n) is 3.48. The fraction of sp³-hybridized carbons (Fsp3) is 0.619. The third-order valence-corrected chi connectivity index (χ3v) is 4.77. The highest BCUT2D eigenvalue weighted by Gasteiger charge is 2.22. The van der Waals surface area contributed by atoms with Crippen molar-refractivity contribution in [1.82, 2.24) is 16.0 Å². The lowest BCUT2D eigenvalue weighted by atomic mass is 9.86. The molecule has 27 heavy (non-hydrogen) atoms. The molecule has 2 amide bonds. The minimum absolute atomic E-state index is 0.0160. The molecule has 1 aliphatic carbocycles. The number of aryl methyl sites for hydroxylation is 1. The Morgan fingerprint density at radius 1 is 1.11 bits per heavy atom.